The van der Waals surface area contributed by atoms with Gasteiger partial charge >= 0.3 is 5.97 Å². The highest BCUT2D eigenvalue weighted by Gasteiger charge is 2.31. The van der Waals surface area contributed by atoms with Crippen LogP contribution in [0.4, 0.5) is 5.69 Å². The summed E-state index contributed by atoms with van der Waals surface area (Å²) in [6.07, 6.45) is 4.84. The number of carboxylic acids is 1. The first-order valence-corrected chi connectivity index (χ1v) is 12.5. The topological polar surface area (TPSA) is 91.6 Å². The van der Waals surface area contributed by atoms with E-state index in [9.17, 15) is 15.2 Å². The third-order valence-corrected chi connectivity index (χ3v) is 7.75. The number of nitrogens with one attached hydrogen (secondary N) is 1. The predicted octanol–water partition coefficient (Wildman–Crippen LogP) is 6.40. The van der Waals surface area contributed by atoms with E-state index in [1.165, 1.54) is 11.9 Å². The van der Waals surface area contributed by atoms with Crippen LogP contribution in [0, 0.1) is 11.3 Å². The minimum absolute atomic E-state index is 0.233. The lowest BCUT2D eigenvalue weighted by atomic mass is 10.1. The molecule has 1 aliphatic rings. The molecule has 2 aromatic carbocycles. The molecule has 1 unspecified atom stereocenters. The molecule has 1 saturated carbocycles. The highest BCUT2D eigenvalue weighted by molar-refractivity contribution is 8.00. The first-order chi connectivity index (χ1) is 15.4. The molecule has 1 fully saturated rings. The molecular formula is C23H25ClN2O4S2. The van der Waals surface area contributed by atoms with Crippen molar-refractivity contribution in [1.29, 1.82) is 5.26 Å². The second kappa shape index (κ2) is 10.7. The molecule has 0 aromatic heterocycles. The number of hydrogen-bond donors (Lipinski definition) is 2. The Hall–Kier alpha value is -2.05. The van der Waals surface area contributed by atoms with Gasteiger partial charge in [0.05, 0.1) is 28.4 Å². The second-order valence-electron chi connectivity index (χ2n) is 7.48. The fourth-order valence-corrected chi connectivity index (χ4v) is 5.08. The van der Waals surface area contributed by atoms with Crippen molar-refractivity contribution in [3.05, 3.63) is 52.0 Å². The number of halogens is 1. The number of thioether (sulfide) groups is 1. The van der Waals surface area contributed by atoms with E-state index < -0.39 is 10.9 Å². The van der Waals surface area contributed by atoms with Crippen LogP contribution in [0.25, 0.3) is 0 Å². The van der Waals surface area contributed by atoms with Gasteiger partial charge in [0.25, 0.3) is 0 Å². The maximum absolute atomic E-state index is 11.5. The van der Waals surface area contributed by atoms with Crippen molar-refractivity contribution in [2.75, 3.05) is 24.7 Å². The van der Waals surface area contributed by atoms with Crippen molar-refractivity contribution in [3.63, 3.8) is 0 Å². The summed E-state index contributed by atoms with van der Waals surface area (Å²) < 4.78 is 15.0. The van der Waals surface area contributed by atoms with Crippen molar-refractivity contribution in [2.45, 2.75) is 41.9 Å². The normalized spacial score (nSPS) is 15.0. The van der Waals surface area contributed by atoms with E-state index in [4.69, 9.17) is 21.1 Å². The first kappa shape index (κ1) is 24.6. The van der Waals surface area contributed by atoms with E-state index in [0.29, 0.717) is 41.0 Å². The number of carboxylic acid groups (broad SMARTS) is 1. The highest BCUT2D eigenvalue weighted by Crippen LogP contribution is 2.45. The summed E-state index contributed by atoms with van der Waals surface area (Å²) in [7, 11) is 1.62. The minimum atomic E-state index is -0.969. The van der Waals surface area contributed by atoms with E-state index in [-0.39, 0.29) is 5.56 Å². The lowest BCUT2D eigenvalue weighted by molar-refractivity contribution is 0.0553. The molecule has 2 N–H and O–H groups in total. The first-order valence-electron chi connectivity index (χ1n) is 10.1. The van der Waals surface area contributed by atoms with Gasteiger partial charge < -0.3 is 19.3 Å². The number of nitrogens with zero attached hydrogens (tertiary/aromatic N) is 1. The number of benzene rings is 2. The molecule has 2 aromatic rings. The van der Waals surface area contributed by atoms with Crippen LogP contribution in [0.3, 0.4) is 0 Å². The lowest BCUT2D eigenvalue weighted by Crippen LogP contribution is -2.36. The van der Waals surface area contributed by atoms with Crippen molar-refractivity contribution in [3.8, 4) is 11.8 Å². The fraction of sp³-hybridized carbons (Fsp3) is 0.391. The summed E-state index contributed by atoms with van der Waals surface area (Å²) in [5, 5.41) is 19.2. The summed E-state index contributed by atoms with van der Waals surface area (Å²) in [4.78, 5) is 11.7. The van der Waals surface area contributed by atoms with Gasteiger partial charge in [-0.05, 0) is 67.1 Å². The Morgan fingerprint density at radius 1 is 1.38 bits per heavy atom. The maximum Gasteiger partial charge on any atom is 0.335 e. The van der Waals surface area contributed by atoms with Crippen LogP contribution in [-0.2, 0) is 4.74 Å². The number of hydrogen-bond acceptors (Lipinski definition) is 7. The zero-order valence-corrected chi connectivity index (χ0v) is 20.5. The van der Waals surface area contributed by atoms with Crippen LogP contribution in [0.2, 0.25) is 5.02 Å². The van der Waals surface area contributed by atoms with E-state index >= 15 is 0 Å². The minimum Gasteiger partial charge on any atom is -0.478 e. The molecule has 0 spiro atoms. The Balaban J connectivity index is 1.95. The molecule has 170 valence electrons. The van der Waals surface area contributed by atoms with E-state index in [1.54, 1.807) is 43.1 Å². The number of aromatic carboxylic acids is 1. The molecule has 9 heteroatoms. The van der Waals surface area contributed by atoms with Crippen LogP contribution in [0.15, 0.2) is 35.2 Å². The molecular weight excluding hydrogens is 468 g/mol. The van der Waals surface area contributed by atoms with Crippen LogP contribution >= 0.6 is 35.3 Å². The summed E-state index contributed by atoms with van der Waals surface area (Å²) in [6.45, 7) is 2.39. The van der Waals surface area contributed by atoms with Gasteiger partial charge in [-0.25, -0.2) is 4.79 Å². The Bertz CT molecular complexity index is 1030. The van der Waals surface area contributed by atoms with Crippen LogP contribution < -0.4 is 9.46 Å². The largest absolute Gasteiger partial charge is 0.478 e. The number of ether oxygens (including phenoxy) is 2. The predicted molar refractivity (Wildman–Crippen MR) is 130 cm³/mol. The molecule has 0 heterocycles. The van der Waals surface area contributed by atoms with Gasteiger partial charge in [0.1, 0.15) is 11.8 Å². The van der Waals surface area contributed by atoms with Gasteiger partial charge in [-0.15, -0.1) is 11.8 Å². The zero-order chi connectivity index (χ0) is 23.3. The van der Waals surface area contributed by atoms with Gasteiger partial charge in [0, 0.05) is 18.1 Å². The molecule has 32 heavy (non-hydrogen) atoms. The molecule has 0 amide bonds. The Morgan fingerprint density at radius 3 is 2.69 bits per heavy atom. The van der Waals surface area contributed by atoms with Gasteiger partial charge in [-0.3, -0.25) is 0 Å². The molecule has 1 atom stereocenters. The summed E-state index contributed by atoms with van der Waals surface area (Å²) in [5.41, 5.74) is 2.26. The van der Waals surface area contributed by atoms with Crippen LogP contribution in [0.5, 0.6) is 5.75 Å². The number of nitriles is 1. The van der Waals surface area contributed by atoms with Crippen molar-refractivity contribution >= 4 is 47.0 Å². The molecule has 1 aliphatic carbocycles. The maximum atomic E-state index is 11.5. The third-order valence-electron chi connectivity index (χ3n) is 5.31. The van der Waals surface area contributed by atoms with Gasteiger partial charge in [-0.1, -0.05) is 24.6 Å². The molecule has 0 aliphatic heterocycles. The highest BCUT2D eigenvalue weighted by atomic mass is 35.5. The Morgan fingerprint density at radius 2 is 2.12 bits per heavy atom. The number of anilines is 1. The van der Waals surface area contributed by atoms with Crippen molar-refractivity contribution in [1.82, 2.24) is 0 Å². The molecule has 6 nitrogen and oxygen atoms in total. The zero-order valence-electron chi connectivity index (χ0n) is 18.1. The SMILES string of the molecule is CCC(COC)(Oc1cc(Cl)c(C#N)cc1NSc1cc(C(=O)O)ccc1C1CC1)SC. The monoisotopic (exact) mass is 492 g/mol. The molecule has 3 rings (SSSR count). The average molecular weight is 493 g/mol. The van der Waals surface area contributed by atoms with E-state index in [0.717, 1.165) is 23.3 Å². The van der Waals surface area contributed by atoms with E-state index in [2.05, 4.69) is 10.8 Å². The Kier molecular flexibility index (Phi) is 8.23. The molecule has 0 saturated heterocycles. The summed E-state index contributed by atoms with van der Waals surface area (Å²) >= 11 is 9.15. The number of methoxy groups -OCH3 is 1. The van der Waals surface area contributed by atoms with Crippen molar-refractivity contribution < 1.29 is 19.4 Å². The van der Waals surface area contributed by atoms with Crippen LogP contribution in [0.1, 0.15) is 53.6 Å². The number of carbonyl (C=O) groups is 1. The standard InChI is InChI=1S/C23H25ClN2O4S2/c1-4-23(31-3,13-29-2)30-20-11-18(24)16(12-25)9-19(20)26-32-21-10-15(22(27)28)7-8-17(21)14-5-6-14/h7-11,14,26H,4-6,13H2,1-3H3,(H,27,28). The van der Waals surface area contributed by atoms with Gasteiger partial charge in [-0.2, -0.15) is 5.26 Å². The van der Waals surface area contributed by atoms with Gasteiger partial charge in [0.15, 0.2) is 4.93 Å². The smallest absolute Gasteiger partial charge is 0.335 e. The van der Waals surface area contributed by atoms with Crippen molar-refractivity contribution in [2.24, 2.45) is 0 Å². The molecule has 0 bridgehead atoms. The van der Waals surface area contributed by atoms with Gasteiger partial charge in [0.2, 0.25) is 0 Å². The lowest BCUT2D eigenvalue weighted by Gasteiger charge is -2.32. The summed E-state index contributed by atoms with van der Waals surface area (Å²) in [6, 6.07) is 10.6. The quantitative estimate of drug-likeness (QED) is 0.275. The van der Waals surface area contributed by atoms with E-state index in [1.807, 2.05) is 19.2 Å². The molecule has 0 radical (unpaired) electrons. The second-order valence-corrected chi connectivity index (χ2v) is 9.89. The number of rotatable bonds is 11. The fourth-order valence-electron chi connectivity index (χ4n) is 3.27. The summed E-state index contributed by atoms with van der Waals surface area (Å²) in [5.74, 6) is -0.0236. The van der Waals surface area contributed by atoms with Crippen LogP contribution in [-0.4, -0.2) is 36.0 Å². The average Bonchev–Trinajstić information content (AvgIpc) is 3.63. The Labute approximate surface area is 201 Å². The third kappa shape index (κ3) is 5.65.